The Bertz CT molecular complexity index is 4250. The predicted octanol–water partition coefficient (Wildman–Crippen LogP) is 15.7. The molecule has 0 spiro atoms. The highest BCUT2D eigenvalue weighted by Crippen LogP contribution is 2.44. The number of rotatable bonds is 5. The van der Waals surface area contributed by atoms with Crippen molar-refractivity contribution in [2.45, 2.75) is 0 Å². The van der Waals surface area contributed by atoms with Crippen LogP contribution in [0.2, 0.25) is 0 Å². The molecule has 14 rings (SSSR count). The van der Waals surface area contributed by atoms with Gasteiger partial charge in [0.1, 0.15) is 22.3 Å². The molecule has 0 aliphatic carbocycles. The third-order valence-electron chi connectivity index (χ3n) is 13.0. The Balaban J connectivity index is 1.08. The van der Waals surface area contributed by atoms with Crippen molar-refractivity contribution in [3.05, 3.63) is 206 Å². The van der Waals surface area contributed by atoms with Gasteiger partial charge in [0.25, 0.3) is 0 Å². The summed E-state index contributed by atoms with van der Waals surface area (Å²) in [4.78, 5) is 15.9. The molecule has 6 heteroatoms. The minimum Gasteiger partial charge on any atom is -0.456 e. The maximum atomic E-state index is 6.69. The SMILES string of the molecule is c1ccc(-c2nc(-c3ccc(-n4c5ccccc5c5cc6ccccc6cc54)cc3-c3cccc4oc5cc6ccccc6cc5c34)nc(-c3cccc4c3oc3ccccc34)n2)cc1. The maximum Gasteiger partial charge on any atom is 0.167 e. The first kappa shape index (κ1) is 35.7. The topological polar surface area (TPSA) is 69.9 Å². The van der Waals surface area contributed by atoms with E-state index in [-0.39, 0.29) is 0 Å². The molecule has 0 fully saturated rings. The minimum absolute atomic E-state index is 0.529. The lowest BCUT2D eigenvalue weighted by atomic mass is 9.93. The molecule has 0 unspecified atom stereocenters. The van der Waals surface area contributed by atoms with E-state index >= 15 is 0 Å². The number of para-hydroxylation sites is 3. The monoisotopic (exact) mass is 830 g/mol. The van der Waals surface area contributed by atoms with E-state index in [4.69, 9.17) is 23.8 Å². The molecule has 0 radical (unpaired) electrons. The lowest BCUT2D eigenvalue weighted by Crippen LogP contribution is -2.02. The second-order valence-corrected chi connectivity index (χ2v) is 16.7. The fourth-order valence-corrected chi connectivity index (χ4v) is 10.0. The molecule has 6 nitrogen and oxygen atoms in total. The van der Waals surface area contributed by atoms with E-state index in [0.717, 1.165) is 99.2 Å². The number of fused-ring (bicyclic) bond motifs is 11. The average molecular weight is 831 g/mol. The van der Waals surface area contributed by atoms with Gasteiger partial charge in [-0.15, -0.1) is 0 Å². The number of furan rings is 2. The van der Waals surface area contributed by atoms with Crippen LogP contribution in [0.25, 0.3) is 138 Å². The lowest BCUT2D eigenvalue weighted by molar-refractivity contribution is 0.669. The van der Waals surface area contributed by atoms with Crippen LogP contribution in [-0.2, 0) is 0 Å². The van der Waals surface area contributed by atoms with Crippen molar-refractivity contribution in [3.8, 4) is 51.0 Å². The molecule has 302 valence electrons. The largest absolute Gasteiger partial charge is 0.456 e. The highest BCUT2D eigenvalue weighted by molar-refractivity contribution is 6.17. The van der Waals surface area contributed by atoms with Crippen molar-refractivity contribution in [3.63, 3.8) is 0 Å². The summed E-state index contributed by atoms with van der Waals surface area (Å²) in [5, 5.41) is 11.2. The summed E-state index contributed by atoms with van der Waals surface area (Å²) >= 11 is 0. The van der Waals surface area contributed by atoms with Gasteiger partial charge in [-0.2, -0.15) is 0 Å². The molecule has 14 aromatic rings. The Morgan fingerprint density at radius 1 is 0.323 bits per heavy atom. The minimum atomic E-state index is 0.529. The van der Waals surface area contributed by atoms with Gasteiger partial charge in [-0.3, -0.25) is 0 Å². The Labute approximate surface area is 371 Å². The van der Waals surface area contributed by atoms with Crippen molar-refractivity contribution >= 4 is 87.2 Å². The first-order valence-corrected chi connectivity index (χ1v) is 21.8. The Hall–Kier alpha value is -8.87. The van der Waals surface area contributed by atoms with Crippen LogP contribution in [0.3, 0.4) is 0 Å². The van der Waals surface area contributed by atoms with Crippen LogP contribution in [0.15, 0.2) is 215 Å². The molecule has 0 atom stereocenters. The Morgan fingerprint density at radius 3 is 1.77 bits per heavy atom. The summed E-state index contributed by atoms with van der Waals surface area (Å²) in [5.74, 6) is 1.65. The molecule has 0 aliphatic heterocycles. The summed E-state index contributed by atoms with van der Waals surface area (Å²) in [6, 6.07) is 72.2. The van der Waals surface area contributed by atoms with E-state index in [9.17, 15) is 0 Å². The third kappa shape index (κ3) is 5.51. The number of aromatic nitrogens is 4. The van der Waals surface area contributed by atoms with E-state index < -0.39 is 0 Å². The summed E-state index contributed by atoms with van der Waals surface area (Å²) < 4.78 is 15.7. The molecule has 4 aromatic heterocycles. The van der Waals surface area contributed by atoms with Crippen molar-refractivity contribution in [1.82, 2.24) is 19.5 Å². The van der Waals surface area contributed by atoms with E-state index in [0.29, 0.717) is 17.5 Å². The highest BCUT2D eigenvalue weighted by atomic mass is 16.3. The Kier molecular flexibility index (Phi) is 7.59. The zero-order chi connectivity index (χ0) is 42.6. The molecule has 65 heavy (non-hydrogen) atoms. The average Bonchev–Trinajstić information content (AvgIpc) is 4.04. The van der Waals surface area contributed by atoms with Crippen LogP contribution in [0, 0.1) is 0 Å². The molecule has 0 saturated heterocycles. The van der Waals surface area contributed by atoms with Crippen molar-refractivity contribution in [2.24, 2.45) is 0 Å². The smallest absolute Gasteiger partial charge is 0.167 e. The second kappa shape index (κ2) is 13.8. The molecule has 0 amide bonds. The van der Waals surface area contributed by atoms with Gasteiger partial charge < -0.3 is 13.4 Å². The first-order valence-electron chi connectivity index (χ1n) is 21.8. The molecule has 0 saturated carbocycles. The van der Waals surface area contributed by atoms with Crippen LogP contribution in [0.5, 0.6) is 0 Å². The summed E-state index contributed by atoms with van der Waals surface area (Å²) in [7, 11) is 0. The molecule has 0 aliphatic rings. The van der Waals surface area contributed by atoms with Crippen LogP contribution in [0.1, 0.15) is 0 Å². The van der Waals surface area contributed by atoms with E-state index in [1.165, 1.54) is 21.5 Å². The number of hydrogen-bond donors (Lipinski definition) is 0. The van der Waals surface area contributed by atoms with Gasteiger partial charge in [-0.25, -0.2) is 15.0 Å². The molecule has 4 heterocycles. The molecule has 10 aromatic carbocycles. The number of benzene rings is 10. The normalized spacial score (nSPS) is 12.0. The lowest BCUT2D eigenvalue weighted by Gasteiger charge is -2.16. The quantitative estimate of drug-likeness (QED) is 0.173. The van der Waals surface area contributed by atoms with Crippen molar-refractivity contribution < 1.29 is 8.83 Å². The Morgan fingerprint density at radius 2 is 0.938 bits per heavy atom. The predicted molar refractivity (Wildman–Crippen MR) is 265 cm³/mol. The summed E-state index contributed by atoms with van der Waals surface area (Å²) in [6.45, 7) is 0. The van der Waals surface area contributed by atoms with Crippen LogP contribution < -0.4 is 0 Å². The third-order valence-corrected chi connectivity index (χ3v) is 13.0. The van der Waals surface area contributed by atoms with Gasteiger partial charge in [-0.1, -0.05) is 140 Å². The van der Waals surface area contributed by atoms with E-state index in [2.05, 4.69) is 156 Å². The summed E-state index contributed by atoms with van der Waals surface area (Å²) in [5.41, 5.74) is 11.0. The maximum absolute atomic E-state index is 6.69. The van der Waals surface area contributed by atoms with Gasteiger partial charge >= 0.3 is 0 Å². The van der Waals surface area contributed by atoms with Gasteiger partial charge in [-0.05, 0) is 99.4 Å². The molecule has 0 bridgehead atoms. The number of nitrogens with zero attached hydrogens (tertiary/aromatic N) is 4. The van der Waals surface area contributed by atoms with Gasteiger partial charge in [0.15, 0.2) is 17.5 Å². The second-order valence-electron chi connectivity index (χ2n) is 16.7. The zero-order valence-electron chi connectivity index (χ0n) is 34.7. The van der Waals surface area contributed by atoms with Gasteiger partial charge in [0.2, 0.25) is 0 Å². The van der Waals surface area contributed by atoms with Gasteiger partial charge in [0.05, 0.1) is 16.6 Å². The van der Waals surface area contributed by atoms with Crippen molar-refractivity contribution in [2.75, 3.05) is 0 Å². The van der Waals surface area contributed by atoms with Gasteiger partial charge in [0, 0.05) is 49.1 Å². The van der Waals surface area contributed by atoms with E-state index in [1.54, 1.807) is 0 Å². The fourth-order valence-electron chi connectivity index (χ4n) is 10.0. The van der Waals surface area contributed by atoms with Crippen LogP contribution >= 0.6 is 0 Å². The van der Waals surface area contributed by atoms with E-state index in [1.807, 2.05) is 54.6 Å². The van der Waals surface area contributed by atoms with Crippen LogP contribution in [-0.4, -0.2) is 19.5 Å². The zero-order valence-corrected chi connectivity index (χ0v) is 34.7. The fraction of sp³-hybridized carbons (Fsp3) is 0. The number of hydrogen-bond acceptors (Lipinski definition) is 5. The molecule has 0 N–H and O–H groups in total. The molecular formula is C59H34N4O2. The summed E-state index contributed by atoms with van der Waals surface area (Å²) in [6.07, 6.45) is 0. The highest BCUT2D eigenvalue weighted by Gasteiger charge is 2.23. The standard InChI is InChI=1S/C59H34N4O2/c1-2-14-35(15-3-1)57-60-58(62-59(61-57)46-24-12-23-44-42-21-9-11-26-52(42)65-56(44)46)45-29-28-40(63-50-25-10-8-20-41(50)48-30-36-16-4-6-18-38(36)32-51(48)63)34-47(45)43-22-13-27-53-55(43)49-31-37-17-5-7-19-39(37)33-54(49)64-53/h1-34H. The van der Waals surface area contributed by atoms with Crippen molar-refractivity contribution in [1.29, 1.82) is 0 Å². The molecular weight excluding hydrogens is 797 g/mol. The van der Waals surface area contributed by atoms with Crippen LogP contribution in [0.4, 0.5) is 0 Å². The first-order chi connectivity index (χ1) is 32.2.